The Morgan fingerprint density at radius 1 is 1.23 bits per heavy atom. The third-order valence-electron chi connectivity index (χ3n) is 3.97. The van der Waals surface area contributed by atoms with E-state index in [9.17, 15) is 4.79 Å². The van der Waals surface area contributed by atoms with Crippen LogP contribution in [0.2, 0.25) is 0 Å². The van der Waals surface area contributed by atoms with Gasteiger partial charge in [0, 0.05) is 27.8 Å². The first-order valence-corrected chi connectivity index (χ1v) is 8.60. The molecular weight excluding hydrogens is 391 g/mol. The molecule has 1 amide bonds. The van der Waals surface area contributed by atoms with E-state index < -0.39 is 0 Å². The first-order chi connectivity index (χ1) is 10.6. The summed E-state index contributed by atoms with van der Waals surface area (Å²) in [5, 5.41) is 9.21. The molecule has 1 saturated heterocycles. The predicted octanol–water partition coefficient (Wildman–Crippen LogP) is 3.12. The Bertz CT molecular complexity index is 659. The highest BCUT2D eigenvalue weighted by molar-refractivity contribution is 14.1. The topological polar surface area (TPSA) is 61.0 Å². The Morgan fingerprint density at radius 2 is 1.91 bits per heavy atom. The van der Waals surface area contributed by atoms with Crippen molar-refractivity contribution in [2.45, 2.75) is 26.2 Å². The molecule has 2 aromatic rings. The van der Waals surface area contributed by atoms with Crippen molar-refractivity contribution in [1.29, 1.82) is 0 Å². The van der Waals surface area contributed by atoms with Gasteiger partial charge in [-0.1, -0.05) is 18.6 Å². The van der Waals surface area contributed by atoms with E-state index >= 15 is 0 Å². The highest BCUT2D eigenvalue weighted by Gasteiger charge is 2.19. The molecule has 0 saturated carbocycles. The fraction of sp³-hybridized carbons (Fsp3) is 0.375. The van der Waals surface area contributed by atoms with Crippen molar-refractivity contribution >= 4 is 28.5 Å². The fourth-order valence-corrected chi connectivity index (χ4v) is 3.07. The van der Waals surface area contributed by atoms with E-state index in [2.05, 4.69) is 38.2 Å². The molecule has 0 atom stereocenters. The smallest absolute Gasteiger partial charge is 0.283 e. The number of halogens is 1. The van der Waals surface area contributed by atoms with Crippen LogP contribution in [-0.4, -0.2) is 34.2 Å². The highest BCUT2D eigenvalue weighted by Crippen LogP contribution is 2.24. The summed E-state index contributed by atoms with van der Waals surface area (Å²) in [5.41, 5.74) is 6.25. The molecular formula is C16H19IN4O. The summed E-state index contributed by atoms with van der Waals surface area (Å²) in [7, 11) is 0. The molecule has 2 heterocycles. The number of carbonyl (C=O) groups is 1. The largest absolute Gasteiger partial charge is 0.283 e. The third-order valence-corrected chi connectivity index (χ3v) is 4.69. The van der Waals surface area contributed by atoms with E-state index in [4.69, 9.17) is 0 Å². The molecule has 6 heteroatoms. The molecule has 22 heavy (non-hydrogen) atoms. The van der Waals surface area contributed by atoms with Crippen molar-refractivity contribution in [3.05, 3.63) is 39.1 Å². The van der Waals surface area contributed by atoms with Crippen LogP contribution < -0.4 is 5.43 Å². The molecule has 1 aliphatic heterocycles. The number of nitrogens with one attached hydrogen (secondary N) is 2. The van der Waals surface area contributed by atoms with Crippen LogP contribution in [0.3, 0.4) is 0 Å². The van der Waals surface area contributed by atoms with Gasteiger partial charge in [0.2, 0.25) is 0 Å². The molecule has 3 rings (SSSR count). The van der Waals surface area contributed by atoms with Gasteiger partial charge in [0.1, 0.15) is 5.69 Å². The average Bonchev–Trinajstić information content (AvgIpc) is 2.91. The van der Waals surface area contributed by atoms with Crippen molar-refractivity contribution in [3.8, 4) is 11.3 Å². The van der Waals surface area contributed by atoms with E-state index in [1.807, 2.05) is 36.2 Å². The lowest BCUT2D eigenvalue weighted by atomic mass is 10.1. The van der Waals surface area contributed by atoms with Crippen LogP contribution in [-0.2, 0) is 0 Å². The Labute approximate surface area is 143 Å². The second-order valence-corrected chi connectivity index (χ2v) is 6.81. The van der Waals surface area contributed by atoms with Crippen molar-refractivity contribution in [3.63, 3.8) is 0 Å². The third kappa shape index (κ3) is 3.33. The van der Waals surface area contributed by atoms with Crippen molar-refractivity contribution < 1.29 is 4.79 Å². The Balaban J connectivity index is 1.77. The maximum atomic E-state index is 12.4. The minimum absolute atomic E-state index is 0.108. The van der Waals surface area contributed by atoms with Crippen LogP contribution in [0, 0.1) is 10.5 Å². The average molecular weight is 410 g/mol. The first kappa shape index (κ1) is 15.5. The van der Waals surface area contributed by atoms with Gasteiger partial charge in [0.05, 0.1) is 5.69 Å². The van der Waals surface area contributed by atoms with Gasteiger partial charge in [-0.25, -0.2) is 5.01 Å². The summed E-state index contributed by atoms with van der Waals surface area (Å²) in [6.45, 7) is 3.77. The summed E-state index contributed by atoms with van der Waals surface area (Å²) in [4.78, 5) is 12.4. The lowest BCUT2D eigenvalue weighted by Gasteiger charge is -2.26. The van der Waals surface area contributed by atoms with Crippen LogP contribution in [0.25, 0.3) is 11.3 Å². The molecule has 0 radical (unpaired) electrons. The number of hydrogen-bond acceptors (Lipinski definition) is 3. The van der Waals surface area contributed by atoms with Gasteiger partial charge in [-0.15, -0.1) is 0 Å². The maximum Gasteiger partial charge on any atom is 0.283 e. The minimum Gasteiger partial charge on any atom is -0.283 e. The second-order valence-electron chi connectivity index (χ2n) is 5.57. The zero-order valence-corrected chi connectivity index (χ0v) is 14.7. The SMILES string of the molecule is Cc1c(-c2ccc(I)cc2)n[nH]c1C(=O)NN1CCCCC1. The quantitative estimate of drug-likeness (QED) is 0.765. The molecule has 2 N–H and O–H groups in total. The van der Waals surface area contributed by atoms with Crippen LogP contribution in [0.15, 0.2) is 24.3 Å². The van der Waals surface area contributed by atoms with Gasteiger partial charge in [-0.3, -0.25) is 15.3 Å². The van der Waals surface area contributed by atoms with Gasteiger partial charge in [-0.2, -0.15) is 5.10 Å². The standard InChI is InChI=1S/C16H19IN4O/c1-11-14(12-5-7-13(17)8-6-12)18-19-15(11)16(22)20-21-9-3-2-4-10-21/h5-8H,2-4,9-10H2,1H3,(H,18,19)(H,20,22). The van der Waals surface area contributed by atoms with Crippen LogP contribution in [0.1, 0.15) is 35.3 Å². The van der Waals surface area contributed by atoms with Gasteiger partial charge >= 0.3 is 0 Å². The lowest BCUT2D eigenvalue weighted by molar-refractivity contribution is 0.0744. The predicted molar refractivity (Wildman–Crippen MR) is 94.4 cm³/mol. The van der Waals surface area contributed by atoms with Crippen LogP contribution in [0.4, 0.5) is 0 Å². The van der Waals surface area contributed by atoms with Gasteiger partial charge < -0.3 is 0 Å². The highest BCUT2D eigenvalue weighted by atomic mass is 127. The number of H-pyrrole nitrogens is 1. The number of hydrazine groups is 1. The first-order valence-electron chi connectivity index (χ1n) is 7.52. The molecule has 1 aromatic carbocycles. The maximum absolute atomic E-state index is 12.4. The number of amides is 1. The van der Waals surface area contributed by atoms with Crippen LogP contribution >= 0.6 is 22.6 Å². The number of benzene rings is 1. The van der Waals surface area contributed by atoms with Crippen molar-refractivity contribution in [2.75, 3.05) is 13.1 Å². The molecule has 0 unspecified atom stereocenters. The molecule has 116 valence electrons. The Hall–Kier alpha value is -1.41. The van der Waals surface area contributed by atoms with Gasteiger partial charge in [0.25, 0.3) is 5.91 Å². The van der Waals surface area contributed by atoms with Gasteiger partial charge in [-0.05, 0) is 54.5 Å². The minimum atomic E-state index is -0.108. The van der Waals surface area contributed by atoms with Crippen molar-refractivity contribution in [1.82, 2.24) is 20.6 Å². The van der Waals surface area contributed by atoms with E-state index in [-0.39, 0.29) is 5.91 Å². The Kier molecular flexibility index (Phi) is 4.77. The van der Waals surface area contributed by atoms with Crippen LogP contribution in [0.5, 0.6) is 0 Å². The van der Waals surface area contributed by atoms with Gasteiger partial charge in [0.15, 0.2) is 0 Å². The van der Waals surface area contributed by atoms with E-state index in [0.717, 1.165) is 42.8 Å². The molecule has 1 aromatic heterocycles. The number of nitrogens with zero attached hydrogens (tertiary/aromatic N) is 2. The number of rotatable bonds is 3. The van der Waals surface area contributed by atoms with E-state index in [1.54, 1.807) is 0 Å². The van der Waals surface area contributed by atoms with Crippen molar-refractivity contribution in [2.24, 2.45) is 0 Å². The molecule has 0 bridgehead atoms. The Morgan fingerprint density at radius 3 is 2.59 bits per heavy atom. The number of aromatic amines is 1. The monoisotopic (exact) mass is 410 g/mol. The summed E-state index contributed by atoms with van der Waals surface area (Å²) < 4.78 is 1.18. The fourth-order valence-electron chi connectivity index (χ4n) is 2.71. The van der Waals surface area contributed by atoms with E-state index in [0.29, 0.717) is 5.69 Å². The molecule has 0 aliphatic carbocycles. The summed E-state index contributed by atoms with van der Waals surface area (Å²) in [6, 6.07) is 8.13. The molecule has 0 spiro atoms. The summed E-state index contributed by atoms with van der Waals surface area (Å²) in [5.74, 6) is -0.108. The molecule has 1 aliphatic rings. The number of piperidine rings is 1. The zero-order chi connectivity index (χ0) is 15.5. The summed E-state index contributed by atoms with van der Waals surface area (Å²) in [6.07, 6.45) is 3.51. The number of hydrogen-bond donors (Lipinski definition) is 2. The molecule has 1 fully saturated rings. The van der Waals surface area contributed by atoms with E-state index in [1.165, 1.54) is 9.99 Å². The normalized spacial score (nSPS) is 15.7. The second kappa shape index (κ2) is 6.78. The number of aromatic nitrogens is 2. The lowest BCUT2D eigenvalue weighted by Crippen LogP contribution is -2.45. The zero-order valence-electron chi connectivity index (χ0n) is 12.5. The summed E-state index contributed by atoms with van der Waals surface area (Å²) >= 11 is 2.27. The number of carbonyl (C=O) groups excluding carboxylic acids is 1. The molecule has 5 nitrogen and oxygen atoms in total.